The molecule has 0 unspecified atom stereocenters. The minimum atomic E-state index is -0.0957. The van der Waals surface area contributed by atoms with E-state index in [-0.39, 0.29) is 11.5 Å². The molecule has 0 saturated carbocycles. The third kappa shape index (κ3) is 4.06. The Balaban J connectivity index is 3.18. The number of rotatable bonds is 7. The molecule has 0 atom stereocenters. The zero-order valence-corrected chi connectivity index (χ0v) is 12.4. The van der Waals surface area contributed by atoms with Gasteiger partial charge in [-0.2, -0.15) is 0 Å². The van der Waals surface area contributed by atoms with Gasteiger partial charge in [0.05, 0.1) is 0 Å². The summed E-state index contributed by atoms with van der Waals surface area (Å²) in [6.07, 6.45) is 2.03. The molecule has 0 amide bonds. The molecule has 19 heavy (non-hydrogen) atoms. The second kappa shape index (κ2) is 7.28. The minimum Gasteiger partial charge on any atom is -0.352 e. The number of aromatic nitrogens is 2. The summed E-state index contributed by atoms with van der Waals surface area (Å²) in [5.74, 6) is 1.68. The number of anilines is 1. The predicted molar refractivity (Wildman–Crippen MR) is 79.7 cm³/mol. The van der Waals surface area contributed by atoms with Gasteiger partial charge in [0.15, 0.2) is 0 Å². The van der Waals surface area contributed by atoms with E-state index >= 15 is 0 Å². The van der Waals surface area contributed by atoms with E-state index in [9.17, 15) is 4.79 Å². The molecule has 0 aliphatic rings. The summed E-state index contributed by atoms with van der Waals surface area (Å²) in [5, 5.41) is 0. The van der Waals surface area contributed by atoms with Crippen LogP contribution in [0, 0.1) is 0 Å². The number of nitrogens with one attached hydrogen (secondary N) is 1. The van der Waals surface area contributed by atoms with Gasteiger partial charge < -0.3 is 15.6 Å². The van der Waals surface area contributed by atoms with Crippen molar-refractivity contribution < 1.29 is 0 Å². The number of aromatic amines is 1. The van der Waals surface area contributed by atoms with Gasteiger partial charge in [0.2, 0.25) is 0 Å². The molecule has 1 heterocycles. The Morgan fingerprint density at radius 2 is 2.00 bits per heavy atom. The van der Waals surface area contributed by atoms with Crippen molar-refractivity contribution in [1.82, 2.24) is 9.97 Å². The standard InChI is InChI=1S/C14H26N4O/c1-5-11(6-2)18(8-7-15)12-9-13(19)17-14(16-12)10(3)4/h9-11H,5-8,15H2,1-4H3,(H,16,17,19). The van der Waals surface area contributed by atoms with Crippen molar-refractivity contribution in [3.63, 3.8) is 0 Å². The molecule has 5 heteroatoms. The number of nitrogens with two attached hydrogens (primary N) is 1. The van der Waals surface area contributed by atoms with Gasteiger partial charge >= 0.3 is 0 Å². The topological polar surface area (TPSA) is 75.0 Å². The Morgan fingerprint density at radius 1 is 1.37 bits per heavy atom. The lowest BCUT2D eigenvalue weighted by Gasteiger charge is -2.31. The zero-order chi connectivity index (χ0) is 14.4. The highest BCUT2D eigenvalue weighted by Crippen LogP contribution is 2.18. The monoisotopic (exact) mass is 266 g/mol. The fourth-order valence-corrected chi connectivity index (χ4v) is 2.24. The van der Waals surface area contributed by atoms with E-state index in [0.717, 1.165) is 31.0 Å². The lowest BCUT2D eigenvalue weighted by atomic mass is 10.1. The van der Waals surface area contributed by atoms with Gasteiger partial charge in [-0.3, -0.25) is 4.79 Å². The maximum Gasteiger partial charge on any atom is 0.252 e. The normalized spacial score (nSPS) is 11.3. The molecular formula is C14H26N4O. The highest BCUT2D eigenvalue weighted by molar-refractivity contribution is 5.39. The number of nitrogens with zero attached hydrogens (tertiary/aromatic N) is 2. The van der Waals surface area contributed by atoms with E-state index in [1.807, 2.05) is 13.8 Å². The first-order valence-corrected chi connectivity index (χ1v) is 7.11. The van der Waals surface area contributed by atoms with Crippen molar-refractivity contribution in [3.05, 3.63) is 22.2 Å². The van der Waals surface area contributed by atoms with Gasteiger partial charge in [0, 0.05) is 31.1 Å². The van der Waals surface area contributed by atoms with Crippen LogP contribution < -0.4 is 16.2 Å². The molecule has 1 aromatic heterocycles. The minimum absolute atomic E-state index is 0.0957. The molecule has 0 fully saturated rings. The summed E-state index contributed by atoms with van der Waals surface area (Å²) in [7, 11) is 0. The Labute approximate surface area is 115 Å². The lowest BCUT2D eigenvalue weighted by Crippen LogP contribution is -2.39. The van der Waals surface area contributed by atoms with Crippen molar-refractivity contribution in [3.8, 4) is 0 Å². The fraction of sp³-hybridized carbons (Fsp3) is 0.714. The maximum absolute atomic E-state index is 11.8. The number of hydrogen-bond acceptors (Lipinski definition) is 4. The molecule has 0 saturated heterocycles. The Morgan fingerprint density at radius 3 is 2.47 bits per heavy atom. The first-order chi connectivity index (χ1) is 9.03. The van der Waals surface area contributed by atoms with Crippen LogP contribution in [0.3, 0.4) is 0 Å². The Bertz CT molecular complexity index is 437. The van der Waals surface area contributed by atoms with Gasteiger partial charge in [-0.1, -0.05) is 27.7 Å². The molecular weight excluding hydrogens is 240 g/mol. The summed E-state index contributed by atoms with van der Waals surface area (Å²) < 4.78 is 0. The third-order valence-electron chi connectivity index (χ3n) is 3.34. The molecule has 108 valence electrons. The van der Waals surface area contributed by atoms with Gasteiger partial charge in [-0.05, 0) is 12.8 Å². The van der Waals surface area contributed by atoms with Crippen LogP contribution in [-0.4, -0.2) is 29.1 Å². The molecule has 3 N–H and O–H groups in total. The first-order valence-electron chi connectivity index (χ1n) is 7.11. The predicted octanol–water partition coefficient (Wildman–Crippen LogP) is 1.85. The van der Waals surface area contributed by atoms with Crippen LogP contribution in [0.5, 0.6) is 0 Å². The summed E-state index contributed by atoms with van der Waals surface area (Å²) in [6, 6.07) is 1.94. The van der Waals surface area contributed by atoms with E-state index in [1.165, 1.54) is 0 Å². The van der Waals surface area contributed by atoms with Crippen molar-refractivity contribution in [1.29, 1.82) is 0 Å². The molecule has 0 aliphatic carbocycles. The van der Waals surface area contributed by atoms with Crippen LogP contribution in [0.1, 0.15) is 52.3 Å². The van der Waals surface area contributed by atoms with E-state index in [4.69, 9.17) is 5.73 Å². The third-order valence-corrected chi connectivity index (χ3v) is 3.34. The summed E-state index contributed by atoms with van der Waals surface area (Å²) in [4.78, 5) is 21.3. The van der Waals surface area contributed by atoms with Crippen molar-refractivity contribution >= 4 is 5.82 Å². The molecule has 5 nitrogen and oxygen atoms in total. The maximum atomic E-state index is 11.8. The summed E-state index contributed by atoms with van der Waals surface area (Å²) >= 11 is 0. The highest BCUT2D eigenvalue weighted by atomic mass is 16.1. The van der Waals surface area contributed by atoms with Gasteiger partial charge in [0.25, 0.3) is 5.56 Å². The molecule has 0 spiro atoms. The van der Waals surface area contributed by atoms with Crippen LogP contribution in [0.15, 0.2) is 10.9 Å². The van der Waals surface area contributed by atoms with Gasteiger partial charge in [-0.15, -0.1) is 0 Å². The SMILES string of the molecule is CCC(CC)N(CCN)c1cc(=O)[nH]c(C(C)C)n1. The van der Waals surface area contributed by atoms with Crippen molar-refractivity contribution in [2.24, 2.45) is 5.73 Å². The molecule has 1 aromatic rings. The van der Waals surface area contributed by atoms with Crippen LogP contribution >= 0.6 is 0 Å². The van der Waals surface area contributed by atoms with Gasteiger partial charge in [0.1, 0.15) is 11.6 Å². The summed E-state index contributed by atoms with van der Waals surface area (Å²) in [5.41, 5.74) is 5.60. The number of hydrogen-bond donors (Lipinski definition) is 2. The molecule has 0 aromatic carbocycles. The van der Waals surface area contributed by atoms with Crippen molar-refractivity contribution in [2.45, 2.75) is 52.5 Å². The van der Waals surface area contributed by atoms with Crippen molar-refractivity contribution in [2.75, 3.05) is 18.0 Å². The average Bonchev–Trinajstić information content (AvgIpc) is 2.38. The van der Waals surface area contributed by atoms with Crippen LogP contribution in [0.4, 0.5) is 5.82 Å². The fourth-order valence-electron chi connectivity index (χ4n) is 2.24. The second-order valence-corrected chi connectivity index (χ2v) is 5.10. The quantitative estimate of drug-likeness (QED) is 0.789. The molecule has 0 radical (unpaired) electrons. The number of H-pyrrole nitrogens is 1. The van der Waals surface area contributed by atoms with Crippen LogP contribution in [0.25, 0.3) is 0 Å². The van der Waals surface area contributed by atoms with E-state index in [2.05, 4.69) is 28.7 Å². The largest absolute Gasteiger partial charge is 0.352 e. The molecule has 0 bridgehead atoms. The smallest absolute Gasteiger partial charge is 0.252 e. The van der Waals surface area contributed by atoms with E-state index in [1.54, 1.807) is 6.07 Å². The summed E-state index contributed by atoms with van der Waals surface area (Å²) in [6.45, 7) is 9.61. The van der Waals surface area contributed by atoms with Gasteiger partial charge in [-0.25, -0.2) is 4.98 Å². The first kappa shape index (κ1) is 15.7. The zero-order valence-electron chi connectivity index (χ0n) is 12.4. The Kier molecular flexibility index (Phi) is 6.02. The second-order valence-electron chi connectivity index (χ2n) is 5.10. The van der Waals surface area contributed by atoms with Crippen LogP contribution in [0.2, 0.25) is 0 Å². The van der Waals surface area contributed by atoms with Crippen LogP contribution in [-0.2, 0) is 0 Å². The van der Waals surface area contributed by atoms with E-state index in [0.29, 0.717) is 12.6 Å². The molecule has 1 rings (SSSR count). The highest BCUT2D eigenvalue weighted by Gasteiger charge is 2.18. The Hall–Kier alpha value is -1.36. The lowest BCUT2D eigenvalue weighted by molar-refractivity contribution is 0.551. The average molecular weight is 266 g/mol. The van der Waals surface area contributed by atoms with E-state index < -0.39 is 0 Å². The molecule has 0 aliphatic heterocycles.